The first-order valence-corrected chi connectivity index (χ1v) is 5.22. The lowest BCUT2D eigenvalue weighted by atomic mass is 9.99. The number of benzene rings is 1. The number of rotatable bonds is 3. The van der Waals surface area contributed by atoms with Crippen LogP contribution in [0.1, 0.15) is 12.5 Å². The lowest BCUT2D eigenvalue weighted by Gasteiger charge is -2.07. The second-order valence-electron chi connectivity index (χ2n) is 4.00. The fraction of sp³-hybridized carbons (Fsp3) is 0.231. The number of fused-ring (bicyclic) bond motifs is 1. The topological polar surface area (TPSA) is 50.2 Å². The molecule has 0 saturated carbocycles. The van der Waals surface area contributed by atoms with Crippen molar-refractivity contribution in [2.24, 2.45) is 5.92 Å². The van der Waals surface area contributed by atoms with E-state index in [1.165, 1.54) is 0 Å². The molecular formula is C13H13NO2. The molecule has 0 saturated heterocycles. The summed E-state index contributed by atoms with van der Waals surface area (Å²) in [6, 6.07) is 7.90. The van der Waals surface area contributed by atoms with Crippen molar-refractivity contribution < 1.29 is 9.90 Å². The van der Waals surface area contributed by atoms with Gasteiger partial charge in [0.05, 0.1) is 5.92 Å². The molecule has 0 spiro atoms. The summed E-state index contributed by atoms with van der Waals surface area (Å²) < 4.78 is 0. The van der Waals surface area contributed by atoms with E-state index in [9.17, 15) is 4.79 Å². The third kappa shape index (κ3) is 2.19. The molecular weight excluding hydrogens is 202 g/mol. The van der Waals surface area contributed by atoms with E-state index in [1.807, 2.05) is 24.3 Å². The number of hydrogen-bond acceptors (Lipinski definition) is 2. The third-order valence-electron chi connectivity index (χ3n) is 2.67. The molecule has 0 aliphatic heterocycles. The molecule has 0 radical (unpaired) electrons. The molecule has 1 aromatic heterocycles. The third-order valence-corrected chi connectivity index (χ3v) is 2.67. The van der Waals surface area contributed by atoms with Crippen molar-refractivity contribution in [1.82, 2.24) is 4.98 Å². The smallest absolute Gasteiger partial charge is 0.306 e. The van der Waals surface area contributed by atoms with Gasteiger partial charge in [-0.15, -0.1) is 0 Å². The molecule has 3 nitrogen and oxygen atoms in total. The maximum absolute atomic E-state index is 10.8. The van der Waals surface area contributed by atoms with E-state index in [1.54, 1.807) is 19.3 Å². The van der Waals surface area contributed by atoms with Crippen LogP contribution in [0.5, 0.6) is 0 Å². The van der Waals surface area contributed by atoms with Gasteiger partial charge in [-0.25, -0.2) is 0 Å². The first kappa shape index (κ1) is 10.6. The SMILES string of the molecule is CC(Cc1ccc2cnccc2c1)C(=O)O. The minimum absolute atomic E-state index is 0.348. The Hall–Kier alpha value is -1.90. The number of aliphatic carboxylic acids is 1. The zero-order valence-electron chi connectivity index (χ0n) is 9.05. The average Bonchev–Trinajstić information content (AvgIpc) is 2.28. The van der Waals surface area contributed by atoms with Crippen LogP contribution in [0, 0.1) is 5.92 Å². The van der Waals surface area contributed by atoms with Crippen LogP contribution in [0.4, 0.5) is 0 Å². The van der Waals surface area contributed by atoms with Crippen molar-refractivity contribution in [1.29, 1.82) is 0 Å². The summed E-state index contributed by atoms with van der Waals surface area (Å²) in [7, 11) is 0. The van der Waals surface area contributed by atoms with E-state index in [-0.39, 0.29) is 5.92 Å². The molecule has 1 aromatic carbocycles. The average molecular weight is 215 g/mol. The molecule has 0 aliphatic carbocycles. The Morgan fingerprint density at radius 2 is 2.19 bits per heavy atom. The summed E-state index contributed by atoms with van der Waals surface area (Å²) in [5.74, 6) is -1.10. The van der Waals surface area contributed by atoms with Gasteiger partial charge in [-0.3, -0.25) is 9.78 Å². The Labute approximate surface area is 93.7 Å². The highest BCUT2D eigenvalue weighted by molar-refractivity contribution is 5.82. The van der Waals surface area contributed by atoms with Crippen molar-refractivity contribution in [3.8, 4) is 0 Å². The molecule has 82 valence electrons. The molecule has 16 heavy (non-hydrogen) atoms. The summed E-state index contributed by atoms with van der Waals surface area (Å²) >= 11 is 0. The highest BCUT2D eigenvalue weighted by atomic mass is 16.4. The molecule has 0 bridgehead atoms. The monoisotopic (exact) mass is 215 g/mol. The number of aromatic nitrogens is 1. The largest absolute Gasteiger partial charge is 0.481 e. The minimum atomic E-state index is -0.755. The van der Waals surface area contributed by atoms with Crippen LogP contribution < -0.4 is 0 Å². The molecule has 2 aromatic rings. The molecule has 0 fully saturated rings. The van der Waals surface area contributed by atoms with Crippen molar-refractivity contribution in [2.45, 2.75) is 13.3 Å². The second kappa shape index (κ2) is 4.31. The Balaban J connectivity index is 2.29. The van der Waals surface area contributed by atoms with Crippen molar-refractivity contribution in [3.05, 3.63) is 42.2 Å². The van der Waals surface area contributed by atoms with Crippen molar-refractivity contribution in [2.75, 3.05) is 0 Å². The summed E-state index contributed by atoms with van der Waals surface area (Å²) in [6.07, 6.45) is 4.11. The molecule has 2 rings (SSSR count). The van der Waals surface area contributed by atoms with Crippen molar-refractivity contribution >= 4 is 16.7 Å². The van der Waals surface area contributed by atoms with Crippen LogP contribution in [0.15, 0.2) is 36.7 Å². The van der Waals surface area contributed by atoms with E-state index in [0.29, 0.717) is 6.42 Å². The van der Waals surface area contributed by atoms with Crippen LogP contribution in [-0.4, -0.2) is 16.1 Å². The summed E-state index contributed by atoms with van der Waals surface area (Å²) in [4.78, 5) is 14.8. The van der Waals surface area contributed by atoms with Gasteiger partial charge in [0.2, 0.25) is 0 Å². The minimum Gasteiger partial charge on any atom is -0.481 e. The normalized spacial score (nSPS) is 12.6. The molecule has 1 atom stereocenters. The van der Waals surface area contributed by atoms with Crippen LogP contribution >= 0.6 is 0 Å². The van der Waals surface area contributed by atoms with Crippen LogP contribution in [0.25, 0.3) is 10.8 Å². The van der Waals surface area contributed by atoms with Gasteiger partial charge in [0.15, 0.2) is 0 Å². The molecule has 0 aliphatic rings. The number of hydrogen-bond donors (Lipinski definition) is 1. The number of carboxylic acids is 1. The fourth-order valence-electron chi connectivity index (χ4n) is 1.70. The molecule has 0 amide bonds. The quantitative estimate of drug-likeness (QED) is 0.855. The summed E-state index contributed by atoms with van der Waals surface area (Å²) in [6.45, 7) is 1.72. The Morgan fingerprint density at radius 1 is 1.38 bits per heavy atom. The number of carbonyl (C=O) groups is 1. The Bertz CT molecular complexity index is 522. The van der Waals surface area contributed by atoms with Gasteiger partial charge in [-0.2, -0.15) is 0 Å². The van der Waals surface area contributed by atoms with E-state index in [0.717, 1.165) is 16.3 Å². The number of pyridine rings is 1. The standard InChI is InChI=1S/C13H13NO2/c1-9(13(15)16)6-10-2-3-12-8-14-5-4-11(12)7-10/h2-5,7-9H,6H2,1H3,(H,15,16). The van der Waals surface area contributed by atoms with Gasteiger partial charge in [-0.05, 0) is 23.4 Å². The molecule has 1 N–H and O–H groups in total. The lowest BCUT2D eigenvalue weighted by molar-refractivity contribution is -0.141. The first-order chi connectivity index (χ1) is 7.66. The fourth-order valence-corrected chi connectivity index (χ4v) is 1.70. The lowest BCUT2D eigenvalue weighted by Crippen LogP contribution is -2.12. The maximum Gasteiger partial charge on any atom is 0.306 e. The number of nitrogens with zero attached hydrogens (tertiary/aromatic N) is 1. The highest BCUT2D eigenvalue weighted by Crippen LogP contribution is 2.17. The van der Waals surface area contributed by atoms with Gasteiger partial charge in [0.1, 0.15) is 0 Å². The summed E-state index contributed by atoms with van der Waals surface area (Å²) in [5.41, 5.74) is 1.05. The van der Waals surface area contributed by atoms with Crippen LogP contribution in [-0.2, 0) is 11.2 Å². The second-order valence-corrected chi connectivity index (χ2v) is 4.00. The summed E-state index contributed by atoms with van der Waals surface area (Å²) in [5, 5.41) is 11.0. The number of carboxylic acid groups (broad SMARTS) is 1. The first-order valence-electron chi connectivity index (χ1n) is 5.22. The van der Waals surface area contributed by atoms with Crippen LogP contribution in [0.3, 0.4) is 0 Å². The Kier molecular flexibility index (Phi) is 2.86. The van der Waals surface area contributed by atoms with Gasteiger partial charge < -0.3 is 5.11 Å². The zero-order valence-corrected chi connectivity index (χ0v) is 9.05. The van der Waals surface area contributed by atoms with E-state index < -0.39 is 5.97 Å². The van der Waals surface area contributed by atoms with Crippen LogP contribution in [0.2, 0.25) is 0 Å². The predicted molar refractivity (Wildman–Crippen MR) is 62.2 cm³/mol. The molecule has 3 heteroatoms. The zero-order chi connectivity index (χ0) is 11.5. The maximum atomic E-state index is 10.8. The highest BCUT2D eigenvalue weighted by Gasteiger charge is 2.11. The Morgan fingerprint density at radius 3 is 2.94 bits per heavy atom. The van der Waals surface area contributed by atoms with E-state index >= 15 is 0 Å². The van der Waals surface area contributed by atoms with E-state index in [2.05, 4.69) is 4.98 Å². The predicted octanol–water partition coefficient (Wildman–Crippen LogP) is 2.50. The van der Waals surface area contributed by atoms with Gasteiger partial charge in [0.25, 0.3) is 0 Å². The van der Waals surface area contributed by atoms with Gasteiger partial charge >= 0.3 is 5.97 Å². The van der Waals surface area contributed by atoms with Gasteiger partial charge in [-0.1, -0.05) is 25.1 Å². The van der Waals surface area contributed by atoms with Gasteiger partial charge in [0, 0.05) is 17.8 Å². The van der Waals surface area contributed by atoms with E-state index in [4.69, 9.17) is 5.11 Å². The molecule has 1 unspecified atom stereocenters. The van der Waals surface area contributed by atoms with Crippen molar-refractivity contribution in [3.63, 3.8) is 0 Å². The molecule has 1 heterocycles.